The van der Waals surface area contributed by atoms with Crippen molar-refractivity contribution in [1.82, 2.24) is 0 Å². The maximum absolute atomic E-state index is 11.9. The van der Waals surface area contributed by atoms with Gasteiger partial charge in [0.05, 0.1) is 18.1 Å². The molecular formula is C14H18O5S. The molecule has 5 nitrogen and oxygen atoms in total. The molecule has 0 aliphatic rings. The van der Waals surface area contributed by atoms with Crippen LogP contribution in [-0.2, 0) is 23.8 Å². The third-order valence-corrected chi connectivity index (χ3v) is 3.71. The van der Waals surface area contributed by atoms with Gasteiger partial charge in [0.1, 0.15) is 6.61 Å². The average molecular weight is 298 g/mol. The maximum Gasteiger partial charge on any atom is 0.299 e. The summed E-state index contributed by atoms with van der Waals surface area (Å²) in [4.78, 5) is 0.0992. The third kappa shape index (κ3) is 5.72. The van der Waals surface area contributed by atoms with Gasteiger partial charge < -0.3 is 9.47 Å². The summed E-state index contributed by atoms with van der Waals surface area (Å²) in [6.45, 7) is 4.06. The standard InChI is InChI=1S/C14H18O5S/c1-4-9-17-10-11-18-13(3)19-20(15,16)14-7-5-12(2)6-8-14/h1,5-8,13H,9-11H2,2-3H3. The number of ether oxygens (including phenoxy) is 2. The van der Waals surface area contributed by atoms with Crippen molar-refractivity contribution in [2.45, 2.75) is 25.0 Å². The first-order valence-corrected chi connectivity index (χ1v) is 7.49. The van der Waals surface area contributed by atoms with Crippen molar-refractivity contribution < 1.29 is 22.1 Å². The molecule has 0 spiro atoms. The van der Waals surface area contributed by atoms with Crippen molar-refractivity contribution in [3.05, 3.63) is 29.8 Å². The summed E-state index contributed by atoms with van der Waals surface area (Å²) in [6, 6.07) is 6.39. The first-order chi connectivity index (χ1) is 9.45. The van der Waals surface area contributed by atoms with Crippen LogP contribution in [0.4, 0.5) is 0 Å². The zero-order valence-electron chi connectivity index (χ0n) is 11.5. The third-order valence-electron chi connectivity index (χ3n) is 2.34. The lowest BCUT2D eigenvalue weighted by atomic mass is 10.2. The van der Waals surface area contributed by atoms with E-state index in [0.29, 0.717) is 0 Å². The predicted molar refractivity (Wildman–Crippen MR) is 74.5 cm³/mol. The smallest absolute Gasteiger partial charge is 0.299 e. The van der Waals surface area contributed by atoms with Crippen LogP contribution in [0.5, 0.6) is 0 Å². The minimum atomic E-state index is -3.82. The van der Waals surface area contributed by atoms with E-state index in [9.17, 15) is 8.42 Å². The van der Waals surface area contributed by atoms with Gasteiger partial charge in [-0.05, 0) is 26.0 Å². The van der Waals surface area contributed by atoms with E-state index in [1.165, 1.54) is 19.1 Å². The van der Waals surface area contributed by atoms with Gasteiger partial charge in [0.15, 0.2) is 6.29 Å². The Labute approximate surface area is 120 Å². The van der Waals surface area contributed by atoms with Crippen molar-refractivity contribution >= 4 is 10.1 Å². The molecule has 0 aromatic heterocycles. The van der Waals surface area contributed by atoms with E-state index < -0.39 is 16.4 Å². The van der Waals surface area contributed by atoms with Gasteiger partial charge >= 0.3 is 0 Å². The molecule has 0 fully saturated rings. The summed E-state index contributed by atoms with van der Waals surface area (Å²) < 4.78 is 39.0. The fourth-order valence-electron chi connectivity index (χ4n) is 1.37. The fraction of sp³-hybridized carbons (Fsp3) is 0.429. The first kappa shape index (κ1) is 16.7. The molecule has 1 unspecified atom stereocenters. The van der Waals surface area contributed by atoms with Crippen molar-refractivity contribution in [1.29, 1.82) is 0 Å². The van der Waals surface area contributed by atoms with Gasteiger partial charge in [0.2, 0.25) is 0 Å². The van der Waals surface area contributed by atoms with Gasteiger partial charge in [-0.2, -0.15) is 8.42 Å². The van der Waals surface area contributed by atoms with E-state index in [4.69, 9.17) is 20.1 Å². The largest absolute Gasteiger partial charge is 0.366 e. The SMILES string of the molecule is C#CCOCCOC(C)OS(=O)(=O)c1ccc(C)cc1. The van der Waals surface area contributed by atoms with Crippen LogP contribution in [-0.4, -0.2) is 34.5 Å². The molecule has 6 heteroatoms. The Kier molecular flexibility index (Phi) is 6.68. The highest BCUT2D eigenvalue weighted by Crippen LogP contribution is 2.15. The van der Waals surface area contributed by atoms with Crippen LogP contribution >= 0.6 is 0 Å². The second-order valence-electron chi connectivity index (χ2n) is 4.06. The highest BCUT2D eigenvalue weighted by Gasteiger charge is 2.19. The van der Waals surface area contributed by atoms with Crippen LogP contribution in [0, 0.1) is 19.3 Å². The van der Waals surface area contributed by atoms with Crippen LogP contribution in [0.25, 0.3) is 0 Å². The van der Waals surface area contributed by atoms with Gasteiger partial charge in [-0.1, -0.05) is 23.6 Å². The van der Waals surface area contributed by atoms with Crippen molar-refractivity contribution in [2.75, 3.05) is 19.8 Å². The Morgan fingerprint density at radius 3 is 2.50 bits per heavy atom. The van der Waals surface area contributed by atoms with Gasteiger partial charge in [0, 0.05) is 0 Å². The summed E-state index contributed by atoms with van der Waals surface area (Å²) in [6.07, 6.45) is 4.12. The van der Waals surface area contributed by atoms with E-state index >= 15 is 0 Å². The molecule has 20 heavy (non-hydrogen) atoms. The quantitative estimate of drug-likeness (QED) is 0.316. The normalized spacial score (nSPS) is 12.8. The van der Waals surface area contributed by atoms with Crippen LogP contribution in [0.1, 0.15) is 12.5 Å². The summed E-state index contributed by atoms with van der Waals surface area (Å²) in [5.41, 5.74) is 0.971. The summed E-state index contributed by atoms with van der Waals surface area (Å²) >= 11 is 0. The minimum absolute atomic E-state index is 0.0992. The second kappa shape index (κ2) is 8.02. The zero-order chi connectivity index (χ0) is 15.0. The molecule has 1 aromatic carbocycles. The topological polar surface area (TPSA) is 61.8 Å². The molecule has 0 bridgehead atoms. The number of rotatable bonds is 8. The van der Waals surface area contributed by atoms with Gasteiger partial charge in [-0.3, -0.25) is 0 Å². The summed E-state index contributed by atoms with van der Waals surface area (Å²) in [5, 5.41) is 0. The lowest BCUT2D eigenvalue weighted by Crippen LogP contribution is -2.20. The van der Waals surface area contributed by atoms with Crippen LogP contribution in [0.2, 0.25) is 0 Å². The van der Waals surface area contributed by atoms with Gasteiger partial charge in [0.25, 0.3) is 10.1 Å². The lowest BCUT2D eigenvalue weighted by molar-refractivity contribution is -0.0780. The van der Waals surface area contributed by atoms with Crippen LogP contribution in [0.3, 0.4) is 0 Å². The molecular weight excluding hydrogens is 280 g/mol. The van der Waals surface area contributed by atoms with Crippen molar-refractivity contribution in [2.24, 2.45) is 0 Å². The Morgan fingerprint density at radius 1 is 1.25 bits per heavy atom. The van der Waals surface area contributed by atoms with Crippen LogP contribution < -0.4 is 0 Å². The summed E-state index contributed by atoms with van der Waals surface area (Å²) in [7, 11) is -3.82. The number of hydrogen-bond donors (Lipinski definition) is 0. The fourth-order valence-corrected chi connectivity index (χ4v) is 2.36. The Bertz CT molecular complexity index is 542. The van der Waals surface area contributed by atoms with E-state index in [2.05, 4.69) is 5.92 Å². The lowest BCUT2D eigenvalue weighted by Gasteiger charge is -2.14. The Balaban J connectivity index is 2.46. The number of terminal acetylenes is 1. The molecule has 0 saturated heterocycles. The number of hydrogen-bond acceptors (Lipinski definition) is 5. The molecule has 110 valence electrons. The highest BCUT2D eigenvalue weighted by atomic mass is 32.2. The van der Waals surface area contributed by atoms with E-state index in [0.717, 1.165) is 5.56 Å². The van der Waals surface area contributed by atoms with Gasteiger partial charge in [-0.25, -0.2) is 4.18 Å². The molecule has 0 saturated carbocycles. The van der Waals surface area contributed by atoms with Crippen LogP contribution in [0.15, 0.2) is 29.2 Å². The first-order valence-electron chi connectivity index (χ1n) is 6.08. The monoisotopic (exact) mass is 298 g/mol. The van der Waals surface area contributed by atoms with E-state index in [1.807, 2.05) is 6.92 Å². The predicted octanol–water partition coefficient (Wildman–Crippen LogP) is 1.71. The molecule has 0 heterocycles. The van der Waals surface area contributed by atoms with Gasteiger partial charge in [-0.15, -0.1) is 6.42 Å². The Morgan fingerprint density at radius 2 is 1.90 bits per heavy atom. The van der Waals surface area contributed by atoms with Crippen molar-refractivity contribution in [3.8, 4) is 12.3 Å². The molecule has 0 N–H and O–H groups in total. The average Bonchev–Trinajstić information content (AvgIpc) is 2.38. The molecule has 0 amide bonds. The van der Waals surface area contributed by atoms with E-state index in [1.54, 1.807) is 12.1 Å². The molecule has 1 atom stereocenters. The number of benzene rings is 1. The van der Waals surface area contributed by atoms with E-state index in [-0.39, 0.29) is 24.7 Å². The zero-order valence-corrected chi connectivity index (χ0v) is 12.4. The van der Waals surface area contributed by atoms with Crippen molar-refractivity contribution in [3.63, 3.8) is 0 Å². The summed E-state index contributed by atoms with van der Waals surface area (Å²) in [5.74, 6) is 2.32. The highest BCUT2D eigenvalue weighted by molar-refractivity contribution is 7.86. The molecule has 0 radical (unpaired) electrons. The minimum Gasteiger partial charge on any atom is -0.366 e. The number of aryl methyl sites for hydroxylation is 1. The molecule has 0 aliphatic heterocycles. The molecule has 1 rings (SSSR count). The Hall–Kier alpha value is -1.39. The second-order valence-corrected chi connectivity index (χ2v) is 5.63. The molecule has 1 aromatic rings. The molecule has 0 aliphatic carbocycles. The maximum atomic E-state index is 11.9.